The van der Waals surface area contributed by atoms with E-state index in [4.69, 9.17) is 0 Å². The second kappa shape index (κ2) is 10.7. The SMILES string of the molecule is CCc1ccc(C=NNC(=O)CSc2nnc(-c3ccc(C)cc3)n2-c2ccccc2)cc1. The van der Waals surface area contributed by atoms with Crippen molar-refractivity contribution in [3.63, 3.8) is 0 Å². The Bertz CT molecular complexity index is 1230. The smallest absolute Gasteiger partial charge is 0.250 e. The molecule has 0 atom stereocenters. The average Bonchev–Trinajstić information content (AvgIpc) is 3.28. The second-order valence-electron chi connectivity index (χ2n) is 7.52. The second-order valence-corrected chi connectivity index (χ2v) is 8.46. The van der Waals surface area contributed by atoms with Crippen LogP contribution in [0, 0.1) is 6.92 Å². The van der Waals surface area contributed by atoms with Crippen molar-refractivity contribution in [2.24, 2.45) is 5.10 Å². The zero-order chi connectivity index (χ0) is 23.0. The maximum absolute atomic E-state index is 12.4. The van der Waals surface area contributed by atoms with Crippen LogP contribution in [0.1, 0.15) is 23.6 Å². The number of hydrogen-bond acceptors (Lipinski definition) is 5. The number of aryl methyl sites for hydroxylation is 2. The van der Waals surface area contributed by atoms with Gasteiger partial charge in [0.05, 0.1) is 12.0 Å². The maximum atomic E-state index is 12.4. The molecule has 1 aromatic heterocycles. The van der Waals surface area contributed by atoms with Crippen LogP contribution >= 0.6 is 11.8 Å². The van der Waals surface area contributed by atoms with Crippen molar-refractivity contribution in [2.45, 2.75) is 25.4 Å². The van der Waals surface area contributed by atoms with Gasteiger partial charge in [-0.25, -0.2) is 5.43 Å². The van der Waals surface area contributed by atoms with E-state index in [1.54, 1.807) is 6.21 Å². The molecule has 1 amide bonds. The van der Waals surface area contributed by atoms with E-state index >= 15 is 0 Å². The van der Waals surface area contributed by atoms with E-state index in [2.05, 4.69) is 39.8 Å². The minimum absolute atomic E-state index is 0.172. The molecule has 0 radical (unpaired) electrons. The molecule has 1 N–H and O–H groups in total. The Labute approximate surface area is 197 Å². The normalized spacial score (nSPS) is 11.1. The Kier molecular flexibility index (Phi) is 7.32. The third kappa shape index (κ3) is 5.75. The fourth-order valence-electron chi connectivity index (χ4n) is 3.24. The largest absolute Gasteiger partial charge is 0.272 e. The number of benzene rings is 3. The summed E-state index contributed by atoms with van der Waals surface area (Å²) in [7, 11) is 0. The summed E-state index contributed by atoms with van der Waals surface area (Å²) in [6.07, 6.45) is 2.63. The van der Waals surface area contributed by atoms with E-state index < -0.39 is 0 Å². The summed E-state index contributed by atoms with van der Waals surface area (Å²) in [4.78, 5) is 12.4. The zero-order valence-corrected chi connectivity index (χ0v) is 19.4. The summed E-state index contributed by atoms with van der Waals surface area (Å²) in [6, 6.07) is 26.1. The standard InChI is InChI=1S/C26H25N5OS/c1-3-20-11-13-21(14-12-20)17-27-28-24(32)18-33-26-30-29-25(22-15-9-19(2)10-16-22)31(26)23-7-5-4-6-8-23/h4-17H,3,18H2,1-2H3,(H,28,32). The molecule has 166 valence electrons. The molecule has 33 heavy (non-hydrogen) atoms. The van der Waals surface area contributed by atoms with Gasteiger partial charge >= 0.3 is 0 Å². The van der Waals surface area contributed by atoms with Crippen LogP contribution in [-0.4, -0.2) is 32.6 Å². The van der Waals surface area contributed by atoms with Gasteiger partial charge in [-0.3, -0.25) is 9.36 Å². The van der Waals surface area contributed by atoms with Gasteiger partial charge in [-0.05, 0) is 36.6 Å². The summed E-state index contributed by atoms with van der Waals surface area (Å²) >= 11 is 1.32. The van der Waals surface area contributed by atoms with Gasteiger partial charge in [-0.15, -0.1) is 10.2 Å². The first-order valence-corrected chi connectivity index (χ1v) is 11.7. The van der Waals surface area contributed by atoms with Gasteiger partial charge in [0.25, 0.3) is 5.91 Å². The highest BCUT2D eigenvalue weighted by molar-refractivity contribution is 7.99. The minimum Gasteiger partial charge on any atom is -0.272 e. The Morgan fingerprint density at radius 1 is 1.00 bits per heavy atom. The Hall–Kier alpha value is -3.71. The molecule has 3 aromatic carbocycles. The predicted molar refractivity (Wildman–Crippen MR) is 134 cm³/mol. The number of hydrogen-bond donors (Lipinski definition) is 1. The zero-order valence-electron chi connectivity index (χ0n) is 18.6. The minimum atomic E-state index is -0.207. The van der Waals surface area contributed by atoms with E-state index in [1.807, 2.05) is 78.2 Å². The number of aromatic nitrogens is 3. The van der Waals surface area contributed by atoms with Gasteiger partial charge in [0.1, 0.15) is 0 Å². The first-order valence-electron chi connectivity index (χ1n) is 10.8. The average molecular weight is 456 g/mol. The summed E-state index contributed by atoms with van der Waals surface area (Å²) in [5.74, 6) is 0.698. The third-order valence-electron chi connectivity index (χ3n) is 5.08. The van der Waals surface area contributed by atoms with Crippen molar-refractivity contribution >= 4 is 23.9 Å². The quantitative estimate of drug-likeness (QED) is 0.229. The van der Waals surface area contributed by atoms with Gasteiger partial charge < -0.3 is 0 Å². The van der Waals surface area contributed by atoms with Crippen molar-refractivity contribution in [3.8, 4) is 17.1 Å². The molecule has 0 saturated heterocycles. The molecule has 0 aliphatic carbocycles. The van der Waals surface area contributed by atoms with Crippen LogP contribution < -0.4 is 5.43 Å². The summed E-state index contributed by atoms with van der Waals surface area (Å²) in [6.45, 7) is 4.16. The van der Waals surface area contributed by atoms with Crippen molar-refractivity contribution < 1.29 is 4.79 Å². The number of thioether (sulfide) groups is 1. The fraction of sp³-hybridized carbons (Fsp3) is 0.154. The van der Waals surface area contributed by atoms with Gasteiger partial charge in [0.2, 0.25) is 0 Å². The molecule has 0 saturated carbocycles. The number of nitrogens with one attached hydrogen (secondary N) is 1. The van der Waals surface area contributed by atoms with Crippen LogP contribution in [0.15, 0.2) is 89.1 Å². The molecule has 0 spiro atoms. The molecular formula is C26H25N5OS. The number of para-hydroxylation sites is 1. The molecule has 4 rings (SSSR count). The van der Waals surface area contributed by atoms with E-state index in [0.717, 1.165) is 29.1 Å². The Balaban J connectivity index is 1.46. The van der Waals surface area contributed by atoms with Crippen LogP contribution in [0.3, 0.4) is 0 Å². The summed E-state index contributed by atoms with van der Waals surface area (Å²) in [5, 5.41) is 13.5. The highest BCUT2D eigenvalue weighted by Gasteiger charge is 2.17. The maximum Gasteiger partial charge on any atom is 0.250 e. The lowest BCUT2D eigenvalue weighted by atomic mass is 10.1. The molecule has 0 aliphatic rings. The fourth-order valence-corrected chi connectivity index (χ4v) is 3.99. The molecule has 4 aromatic rings. The Morgan fingerprint density at radius 3 is 2.42 bits per heavy atom. The molecule has 7 heteroatoms. The van der Waals surface area contributed by atoms with Crippen LogP contribution in [0.5, 0.6) is 0 Å². The monoisotopic (exact) mass is 455 g/mol. The molecule has 0 fully saturated rings. The van der Waals surface area contributed by atoms with Gasteiger partial charge in [0, 0.05) is 11.3 Å². The number of amides is 1. The van der Waals surface area contributed by atoms with Crippen molar-refractivity contribution in [1.82, 2.24) is 20.2 Å². The summed E-state index contributed by atoms with van der Waals surface area (Å²) < 4.78 is 1.97. The van der Waals surface area contributed by atoms with Crippen molar-refractivity contribution in [2.75, 3.05) is 5.75 Å². The lowest BCUT2D eigenvalue weighted by Crippen LogP contribution is -2.20. The van der Waals surface area contributed by atoms with Crippen molar-refractivity contribution in [3.05, 3.63) is 95.6 Å². The topological polar surface area (TPSA) is 72.2 Å². The van der Waals surface area contributed by atoms with Crippen LogP contribution in [0.25, 0.3) is 17.1 Å². The molecule has 6 nitrogen and oxygen atoms in total. The number of nitrogens with zero attached hydrogens (tertiary/aromatic N) is 4. The van der Waals surface area contributed by atoms with E-state index in [-0.39, 0.29) is 11.7 Å². The van der Waals surface area contributed by atoms with Crippen LogP contribution in [0.4, 0.5) is 0 Å². The molecular weight excluding hydrogens is 430 g/mol. The van der Waals surface area contributed by atoms with E-state index in [9.17, 15) is 4.79 Å². The van der Waals surface area contributed by atoms with Crippen LogP contribution in [-0.2, 0) is 11.2 Å². The number of carbonyl (C=O) groups is 1. The van der Waals surface area contributed by atoms with Gasteiger partial charge in [-0.1, -0.05) is 91.0 Å². The molecule has 0 bridgehead atoms. The Morgan fingerprint density at radius 2 is 1.73 bits per heavy atom. The molecule has 0 unspecified atom stereocenters. The first kappa shape index (κ1) is 22.5. The van der Waals surface area contributed by atoms with Crippen LogP contribution in [0.2, 0.25) is 0 Å². The highest BCUT2D eigenvalue weighted by Crippen LogP contribution is 2.28. The van der Waals surface area contributed by atoms with E-state index in [1.165, 1.54) is 22.9 Å². The molecule has 1 heterocycles. The number of hydrazone groups is 1. The lowest BCUT2D eigenvalue weighted by molar-refractivity contribution is -0.118. The van der Waals surface area contributed by atoms with E-state index in [0.29, 0.717) is 5.16 Å². The summed E-state index contributed by atoms with van der Waals surface area (Å²) in [5.41, 5.74) is 7.87. The highest BCUT2D eigenvalue weighted by atomic mass is 32.2. The number of rotatable bonds is 8. The molecule has 0 aliphatic heterocycles. The lowest BCUT2D eigenvalue weighted by Gasteiger charge is -2.10. The van der Waals surface area contributed by atoms with Gasteiger partial charge in [0.15, 0.2) is 11.0 Å². The van der Waals surface area contributed by atoms with Crippen molar-refractivity contribution in [1.29, 1.82) is 0 Å². The number of carbonyl (C=O) groups excluding carboxylic acids is 1. The third-order valence-corrected chi connectivity index (χ3v) is 6.01. The predicted octanol–water partition coefficient (Wildman–Crippen LogP) is 5.05. The van der Waals surface area contributed by atoms with Gasteiger partial charge in [-0.2, -0.15) is 5.10 Å². The first-order chi connectivity index (χ1) is 16.1.